The molecule has 0 radical (unpaired) electrons. The fraction of sp³-hybridized carbons (Fsp3) is 0. The van der Waals surface area contributed by atoms with Gasteiger partial charge in [0, 0.05) is 12.4 Å². The van der Waals surface area contributed by atoms with Gasteiger partial charge in [0.2, 0.25) is 0 Å². The van der Waals surface area contributed by atoms with Gasteiger partial charge in [-0.15, -0.1) is 0 Å². The Morgan fingerprint density at radius 1 is 1.13 bits per heavy atom. The Morgan fingerprint density at radius 2 is 2.07 bits per heavy atom. The van der Waals surface area contributed by atoms with E-state index in [-0.39, 0.29) is 0 Å². The standard InChI is InChI=1S/C11H7N3S/c15-11-8-4-3-6-12-10(8)14-7-2-1-5-9(14)13-11/h1-7H. The van der Waals surface area contributed by atoms with Crippen molar-refractivity contribution in [2.45, 2.75) is 0 Å². The fourth-order valence-corrected chi connectivity index (χ4v) is 1.88. The zero-order valence-corrected chi connectivity index (χ0v) is 8.61. The van der Waals surface area contributed by atoms with Crippen molar-refractivity contribution in [3.63, 3.8) is 0 Å². The van der Waals surface area contributed by atoms with E-state index in [2.05, 4.69) is 9.97 Å². The van der Waals surface area contributed by atoms with E-state index in [9.17, 15) is 0 Å². The smallest absolute Gasteiger partial charge is 0.148 e. The lowest BCUT2D eigenvalue weighted by molar-refractivity contribution is 1.11. The topological polar surface area (TPSA) is 30.2 Å². The molecule has 3 aromatic rings. The average molecular weight is 213 g/mol. The van der Waals surface area contributed by atoms with Gasteiger partial charge in [0.25, 0.3) is 0 Å². The van der Waals surface area contributed by atoms with Crippen molar-refractivity contribution in [1.82, 2.24) is 14.4 Å². The van der Waals surface area contributed by atoms with Crippen molar-refractivity contribution < 1.29 is 0 Å². The SMILES string of the molecule is S=c1nc2ccccn2c2ncccc12. The minimum absolute atomic E-state index is 0.601. The predicted octanol–water partition coefficient (Wildman–Crippen LogP) is 2.61. The number of pyridine rings is 2. The highest BCUT2D eigenvalue weighted by atomic mass is 32.1. The van der Waals surface area contributed by atoms with Gasteiger partial charge in [-0.2, -0.15) is 0 Å². The van der Waals surface area contributed by atoms with E-state index >= 15 is 0 Å². The van der Waals surface area contributed by atoms with Crippen LogP contribution < -0.4 is 0 Å². The summed E-state index contributed by atoms with van der Waals surface area (Å²) in [6.07, 6.45) is 3.70. The first-order valence-electron chi connectivity index (χ1n) is 4.58. The van der Waals surface area contributed by atoms with Gasteiger partial charge in [-0.05, 0) is 24.3 Å². The molecule has 4 heteroatoms. The lowest BCUT2D eigenvalue weighted by atomic mass is 10.3. The van der Waals surface area contributed by atoms with Gasteiger partial charge in [-0.3, -0.25) is 4.40 Å². The highest BCUT2D eigenvalue weighted by molar-refractivity contribution is 7.71. The number of hydrogen-bond acceptors (Lipinski definition) is 3. The van der Waals surface area contributed by atoms with Crippen LogP contribution in [0.3, 0.4) is 0 Å². The van der Waals surface area contributed by atoms with Crippen LogP contribution in [0.5, 0.6) is 0 Å². The highest BCUT2D eigenvalue weighted by Gasteiger charge is 2.01. The van der Waals surface area contributed by atoms with Gasteiger partial charge in [-0.25, -0.2) is 9.97 Å². The van der Waals surface area contributed by atoms with Crippen molar-refractivity contribution in [1.29, 1.82) is 0 Å². The van der Waals surface area contributed by atoms with Crippen molar-refractivity contribution >= 4 is 28.9 Å². The second kappa shape index (κ2) is 3.10. The quantitative estimate of drug-likeness (QED) is 0.425. The Balaban J connectivity index is 2.70. The van der Waals surface area contributed by atoms with Crippen LogP contribution in [0.1, 0.15) is 0 Å². The summed E-state index contributed by atoms with van der Waals surface area (Å²) in [6, 6.07) is 9.62. The van der Waals surface area contributed by atoms with Crippen LogP contribution in [-0.4, -0.2) is 14.4 Å². The average Bonchev–Trinajstić information content (AvgIpc) is 2.30. The summed E-state index contributed by atoms with van der Waals surface area (Å²) in [5, 5.41) is 0.913. The number of hydrogen-bond donors (Lipinski definition) is 0. The monoisotopic (exact) mass is 213 g/mol. The largest absolute Gasteiger partial charge is 0.285 e. The molecule has 0 saturated carbocycles. The number of aromatic nitrogens is 3. The van der Waals surface area contributed by atoms with E-state index in [0.29, 0.717) is 4.64 Å². The molecular weight excluding hydrogens is 206 g/mol. The van der Waals surface area contributed by atoms with Crippen molar-refractivity contribution in [3.05, 3.63) is 47.4 Å². The molecule has 3 rings (SSSR count). The van der Waals surface area contributed by atoms with Crippen molar-refractivity contribution in [3.8, 4) is 0 Å². The summed E-state index contributed by atoms with van der Waals surface area (Å²) in [7, 11) is 0. The molecule has 3 aromatic heterocycles. The molecule has 0 aliphatic rings. The molecule has 3 nitrogen and oxygen atoms in total. The van der Waals surface area contributed by atoms with Gasteiger partial charge < -0.3 is 0 Å². The summed E-state index contributed by atoms with van der Waals surface area (Å²) in [5.41, 5.74) is 1.68. The molecule has 0 aliphatic carbocycles. The number of fused-ring (bicyclic) bond motifs is 3. The number of nitrogens with zero attached hydrogens (tertiary/aromatic N) is 3. The maximum absolute atomic E-state index is 5.22. The Kier molecular flexibility index (Phi) is 1.76. The first-order chi connectivity index (χ1) is 7.36. The Labute approximate surface area is 91.0 Å². The number of rotatable bonds is 0. The molecule has 0 fully saturated rings. The molecule has 0 atom stereocenters. The minimum atomic E-state index is 0.601. The van der Waals surface area contributed by atoms with E-state index in [1.165, 1.54) is 0 Å². The Hall–Kier alpha value is -1.81. The summed E-state index contributed by atoms with van der Waals surface area (Å²) < 4.78 is 2.54. The summed E-state index contributed by atoms with van der Waals surface area (Å²) >= 11 is 5.22. The molecule has 0 N–H and O–H groups in total. The molecule has 0 amide bonds. The molecule has 15 heavy (non-hydrogen) atoms. The van der Waals surface area contributed by atoms with Gasteiger partial charge >= 0.3 is 0 Å². The van der Waals surface area contributed by atoms with Gasteiger partial charge in [0.05, 0.1) is 5.39 Å². The zero-order valence-electron chi connectivity index (χ0n) is 7.79. The highest BCUT2D eigenvalue weighted by Crippen LogP contribution is 2.13. The molecular formula is C11H7N3S. The molecule has 0 saturated heterocycles. The van der Waals surface area contributed by atoms with Crippen molar-refractivity contribution in [2.75, 3.05) is 0 Å². The van der Waals surface area contributed by atoms with Crippen LogP contribution in [0.15, 0.2) is 42.7 Å². The summed E-state index contributed by atoms with van der Waals surface area (Å²) in [6.45, 7) is 0. The third-order valence-corrected chi connectivity index (χ3v) is 2.61. The van der Waals surface area contributed by atoms with E-state index in [0.717, 1.165) is 16.7 Å². The molecule has 0 aliphatic heterocycles. The van der Waals surface area contributed by atoms with Crippen LogP contribution in [0.25, 0.3) is 16.7 Å². The fourth-order valence-electron chi connectivity index (χ4n) is 1.62. The zero-order chi connectivity index (χ0) is 10.3. The van der Waals surface area contributed by atoms with Gasteiger partial charge in [0.15, 0.2) is 0 Å². The third-order valence-electron chi connectivity index (χ3n) is 2.30. The van der Waals surface area contributed by atoms with E-state index in [4.69, 9.17) is 12.2 Å². The Bertz CT molecular complexity index is 703. The normalized spacial score (nSPS) is 10.9. The lowest BCUT2D eigenvalue weighted by Crippen LogP contribution is -1.96. The van der Waals surface area contributed by atoms with Gasteiger partial charge in [0.1, 0.15) is 15.9 Å². The maximum atomic E-state index is 5.22. The second-order valence-corrected chi connectivity index (χ2v) is 3.61. The van der Waals surface area contributed by atoms with Gasteiger partial charge in [-0.1, -0.05) is 18.3 Å². The predicted molar refractivity (Wildman–Crippen MR) is 61.3 cm³/mol. The maximum Gasteiger partial charge on any atom is 0.148 e. The van der Waals surface area contributed by atoms with Crippen LogP contribution in [-0.2, 0) is 0 Å². The first kappa shape index (κ1) is 8.49. The van der Waals surface area contributed by atoms with Crippen LogP contribution in [0.4, 0.5) is 0 Å². The molecule has 72 valence electrons. The van der Waals surface area contributed by atoms with Crippen molar-refractivity contribution in [2.24, 2.45) is 0 Å². The van der Waals surface area contributed by atoms with Crippen LogP contribution in [0, 0.1) is 4.64 Å². The Morgan fingerprint density at radius 3 is 3.00 bits per heavy atom. The molecule has 0 unspecified atom stereocenters. The third kappa shape index (κ3) is 1.22. The minimum Gasteiger partial charge on any atom is -0.285 e. The first-order valence-corrected chi connectivity index (χ1v) is 4.99. The van der Waals surface area contributed by atoms with Crippen LogP contribution >= 0.6 is 12.2 Å². The van der Waals surface area contributed by atoms with E-state index in [1.54, 1.807) is 6.20 Å². The molecule has 0 spiro atoms. The summed E-state index contributed by atoms with van der Waals surface area (Å²) in [5.74, 6) is 0. The molecule has 3 heterocycles. The van der Waals surface area contributed by atoms with E-state index in [1.807, 2.05) is 40.9 Å². The second-order valence-electron chi connectivity index (χ2n) is 3.22. The molecule has 0 bridgehead atoms. The van der Waals surface area contributed by atoms with Crippen LogP contribution in [0.2, 0.25) is 0 Å². The molecule has 0 aromatic carbocycles. The lowest BCUT2D eigenvalue weighted by Gasteiger charge is -2.03. The summed E-state index contributed by atoms with van der Waals surface area (Å²) in [4.78, 5) is 8.67. The van der Waals surface area contributed by atoms with E-state index < -0.39 is 0 Å².